The number of rotatable bonds is 3. The van der Waals surface area contributed by atoms with E-state index in [4.69, 9.17) is 0 Å². The van der Waals surface area contributed by atoms with Gasteiger partial charge in [-0.3, -0.25) is 4.79 Å². The van der Waals surface area contributed by atoms with Crippen LogP contribution in [0.15, 0.2) is 0 Å². The van der Waals surface area contributed by atoms with Crippen LogP contribution in [0.3, 0.4) is 0 Å². The first-order valence-corrected chi connectivity index (χ1v) is 9.39. The van der Waals surface area contributed by atoms with E-state index in [9.17, 15) is 9.90 Å². The third-order valence-electron chi connectivity index (χ3n) is 4.65. The molecule has 3 aromatic rings. The normalized spacial score (nSPS) is 18.5. The van der Waals surface area contributed by atoms with Crippen LogP contribution in [-0.2, 0) is 12.8 Å². The second-order valence-corrected chi connectivity index (χ2v) is 8.00. The van der Waals surface area contributed by atoms with Gasteiger partial charge in [0.2, 0.25) is 5.82 Å². The van der Waals surface area contributed by atoms with Crippen molar-refractivity contribution in [3.8, 4) is 0 Å². The number of thiophene rings is 1. The van der Waals surface area contributed by atoms with Crippen LogP contribution in [0.25, 0.3) is 15.9 Å². The van der Waals surface area contributed by atoms with Gasteiger partial charge in [-0.25, -0.2) is 9.97 Å². The summed E-state index contributed by atoms with van der Waals surface area (Å²) in [5.74, 6) is 1.09. The number of fused-ring (bicyclic) bond motifs is 5. The van der Waals surface area contributed by atoms with E-state index in [1.165, 1.54) is 16.9 Å². The first-order chi connectivity index (χ1) is 11.9. The van der Waals surface area contributed by atoms with Gasteiger partial charge in [-0.2, -0.15) is 4.52 Å². The molecular formula is C17H21N5O2S. The zero-order valence-corrected chi connectivity index (χ0v) is 15.4. The number of aliphatic hydroxyl groups is 1. The van der Waals surface area contributed by atoms with Gasteiger partial charge in [0.25, 0.3) is 5.91 Å². The Bertz CT molecular complexity index is 975. The number of carbonyl (C=O) groups excluding carboxylic acids is 1. The van der Waals surface area contributed by atoms with E-state index in [2.05, 4.69) is 27.3 Å². The van der Waals surface area contributed by atoms with Crippen LogP contribution in [-0.4, -0.2) is 43.2 Å². The minimum atomic E-state index is -0.610. The van der Waals surface area contributed by atoms with Crippen molar-refractivity contribution < 1.29 is 9.90 Å². The second kappa shape index (κ2) is 6.03. The lowest BCUT2D eigenvalue weighted by atomic mass is 9.89. The summed E-state index contributed by atoms with van der Waals surface area (Å²) < 4.78 is 1.66. The molecule has 0 fully saturated rings. The molecule has 2 N–H and O–H groups in total. The van der Waals surface area contributed by atoms with Crippen molar-refractivity contribution in [2.24, 2.45) is 5.92 Å². The summed E-state index contributed by atoms with van der Waals surface area (Å²) >= 11 is 1.74. The van der Waals surface area contributed by atoms with Crippen LogP contribution in [0.5, 0.6) is 0 Å². The minimum Gasteiger partial charge on any atom is -0.392 e. The van der Waals surface area contributed by atoms with Crippen molar-refractivity contribution in [1.29, 1.82) is 0 Å². The maximum Gasteiger partial charge on any atom is 0.291 e. The van der Waals surface area contributed by atoms with Crippen molar-refractivity contribution in [3.63, 3.8) is 0 Å². The lowest BCUT2D eigenvalue weighted by Gasteiger charge is -2.17. The number of hydrogen-bond donors (Lipinski definition) is 2. The molecular weight excluding hydrogens is 338 g/mol. The number of amides is 1. The molecule has 2 atom stereocenters. The Morgan fingerprint density at radius 1 is 1.48 bits per heavy atom. The van der Waals surface area contributed by atoms with Gasteiger partial charge in [0.05, 0.1) is 11.5 Å². The van der Waals surface area contributed by atoms with Gasteiger partial charge >= 0.3 is 0 Å². The van der Waals surface area contributed by atoms with Crippen molar-refractivity contribution in [2.75, 3.05) is 6.54 Å². The van der Waals surface area contributed by atoms with E-state index in [0.29, 0.717) is 11.6 Å². The van der Waals surface area contributed by atoms with E-state index in [1.807, 2.05) is 6.92 Å². The molecule has 1 amide bonds. The fourth-order valence-corrected chi connectivity index (χ4v) is 4.62. The molecule has 132 valence electrons. The molecule has 1 aliphatic rings. The zero-order valence-electron chi connectivity index (χ0n) is 14.5. The molecule has 4 rings (SSSR count). The summed E-state index contributed by atoms with van der Waals surface area (Å²) in [6, 6.07) is 0. The number of hydrogen-bond acceptors (Lipinski definition) is 6. The van der Waals surface area contributed by atoms with Crippen LogP contribution in [0.4, 0.5) is 0 Å². The molecule has 0 bridgehead atoms. The molecule has 1 aliphatic carbocycles. The van der Waals surface area contributed by atoms with Gasteiger partial charge in [-0.05, 0) is 44.6 Å². The van der Waals surface area contributed by atoms with E-state index < -0.39 is 6.10 Å². The Hall–Kier alpha value is -2.06. The van der Waals surface area contributed by atoms with E-state index >= 15 is 0 Å². The maximum atomic E-state index is 12.3. The predicted octanol–water partition coefficient (Wildman–Crippen LogP) is 1.88. The van der Waals surface area contributed by atoms with Gasteiger partial charge < -0.3 is 10.4 Å². The maximum absolute atomic E-state index is 12.3. The number of aryl methyl sites for hydroxylation is 2. The largest absolute Gasteiger partial charge is 0.392 e. The Morgan fingerprint density at radius 3 is 3.04 bits per heavy atom. The molecule has 0 aromatic carbocycles. The van der Waals surface area contributed by atoms with E-state index in [1.54, 1.807) is 22.8 Å². The smallest absolute Gasteiger partial charge is 0.291 e. The predicted molar refractivity (Wildman–Crippen MR) is 96.1 cm³/mol. The third-order valence-corrected chi connectivity index (χ3v) is 5.84. The highest BCUT2D eigenvalue weighted by atomic mass is 32.1. The zero-order chi connectivity index (χ0) is 17.7. The van der Waals surface area contributed by atoms with Crippen molar-refractivity contribution in [1.82, 2.24) is 24.9 Å². The molecule has 3 aromatic heterocycles. The van der Waals surface area contributed by atoms with Gasteiger partial charge in [-0.15, -0.1) is 16.4 Å². The summed E-state index contributed by atoms with van der Waals surface area (Å²) in [5.41, 5.74) is 2.02. The summed E-state index contributed by atoms with van der Waals surface area (Å²) in [5, 5.41) is 17.4. The topological polar surface area (TPSA) is 92.4 Å². The highest BCUT2D eigenvalue weighted by Crippen LogP contribution is 2.38. The average molecular weight is 359 g/mol. The standard InChI is InChI=1S/C17H21N5O2S/c1-8-4-5-12-11(6-8)13-15-20-14(16(24)18-7-9(2)23)21-22(15)10(3)19-17(13)25-12/h8-9,23H,4-7H2,1-3H3,(H,18,24)/t8-,9+/m0/s1. The minimum absolute atomic E-state index is 0.113. The Labute approximate surface area is 149 Å². The monoisotopic (exact) mass is 359 g/mol. The molecule has 0 unspecified atom stereocenters. The highest BCUT2D eigenvalue weighted by Gasteiger charge is 2.25. The number of aromatic nitrogens is 4. The number of carbonyl (C=O) groups is 1. The molecule has 7 nitrogen and oxygen atoms in total. The van der Waals surface area contributed by atoms with Crippen molar-refractivity contribution in [2.45, 2.75) is 46.1 Å². The van der Waals surface area contributed by atoms with Crippen LogP contribution in [0.2, 0.25) is 0 Å². The average Bonchev–Trinajstić information content (AvgIpc) is 3.13. The molecule has 3 heterocycles. The Kier molecular flexibility index (Phi) is 3.96. The molecule has 0 aliphatic heterocycles. The van der Waals surface area contributed by atoms with Gasteiger partial charge in [0.1, 0.15) is 10.7 Å². The Balaban J connectivity index is 1.85. The van der Waals surface area contributed by atoms with Crippen LogP contribution in [0.1, 0.15) is 47.2 Å². The third kappa shape index (κ3) is 2.79. The quantitative estimate of drug-likeness (QED) is 0.745. The SMILES string of the molecule is Cc1nc2sc3c(c2c2nc(C(=O)NC[C@@H](C)O)nn12)C[C@@H](C)CC3. The highest BCUT2D eigenvalue weighted by molar-refractivity contribution is 7.19. The molecule has 8 heteroatoms. The van der Waals surface area contributed by atoms with Gasteiger partial charge in [-0.1, -0.05) is 6.92 Å². The van der Waals surface area contributed by atoms with Gasteiger partial charge in [0, 0.05) is 11.4 Å². The number of nitrogens with one attached hydrogen (secondary N) is 1. The van der Waals surface area contributed by atoms with Crippen LogP contribution in [0, 0.1) is 12.8 Å². The number of aliphatic hydroxyl groups excluding tert-OH is 1. The lowest BCUT2D eigenvalue weighted by Crippen LogP contribution is -2.31. The summed E-state index contributed by atoms with van der Waals surface area (Å²) in [6.07, 6.45) is 2.70. The fraction of sp³-hybridized carbons (Fsp3) is 0.529. The van der Waals surface area contributed by atoms with Gasteiger partial charge in [0.15, 0.2) is 5.65 Å². The first-order valence-electron chi connectivity index (χ1n) is 8.58. The fourth-order valence-electron chi connectivity index (χ4n) is 3.36. The summed E-state index contributed by atoms with van der Waals surface area (Å²) in [6.45, 7) is 5.93. The molecule has 25 heavy (non-hydrogen) atoms. The molecule has 0 saturated carbocycles. The van der Waals surface area contributed by atoms with Crippen molar-refractivity contribution in [3.05, 3.63) is 22.1 Å². The van der Waals surface area contributed by atoms with Crippen molar-refractivity contribution >= 4 is 33.1 Å². The van der Waals surface area contributed by atoms with E-state index in [0.717, 1.165) is 28.9 Å². The van der Waals surface area contributed by atoms with Crippen LogP contribution >= 0.6 is 11.3 Å². The molecule has 0 spiro atoms. The summed E-state index contributed by atoms with van der Waals surface area (Å²) in [4.78, 5) is 23.8. The second-order valence-electron chi connectivity index (χ2n) is 6.92. The number of nitrogens with zero attached hydrogens (tertiary/aromatic N) is 4. The van der Waals surface area contributed by atoms with Crippen LogP contribution < -0.4 is 5.32 Å². The lowest BCUT2D eigenvalue weighted by molar-refractivity contribution is 0.0914. The summed E-state index contributed by atoms with van der Waals surface area (Å²) in [7, 11) is 0. The molecule has 0 saturated heterocycles. The first kappa shape index (κ1) is 16.4. The molecule has 0 radical (unpaired) electrons. The van der Waals surface area contributed by atoms with E-state index in [-0.39, 0.29) is 18.3 Å². The Morgan fingerprint density at radius 2 is 2.28 bits per heavy atom.